The summed E-state index contributed by atoms with van der Waals surface area (Å²) in [5.41, 5.74) is 1.51. The summed E-state index contributed by atoms with van der Waals surface area (Å²) in [6.45, 7) is 2.14. The highest BCUT2D eigenvalue weighted by Crippen LogP contribution is 2.45. The van der Waals surface area contributed by atoms with Crippen LogP contribution in [0, 0.1) is 23.2 Å². The van der Waals surface area contributed by atoms with Gasteiger partial charge in [0.2, 0.25) is 0 Å². The number of carboxylic acids is 1. The van der Waals surface area contributed by atoms with Crippen molar-refractivity contribution in [2.24, 2.45) is 11.8 Å². The van der Waals surface area contributed by atoms with E-state index < -0.39 is 18.1 Å². The van der Waals surface area contributed by atoms with Crippen molar-refractivity contribution in [1.82, 2.24) is 4.90 Å². The summed E-state index contributed by atoms with van der Waals surface area (Å²) in [7, 11) is 0. The number of nitriles is 1. The zero-order valence-electron chi connectivity index (χ0n) is 21.0. The van der Waals surface area contributed by atoms with Gasteiger partial charge in [0.1, 0.15) is 17.4 Å². The fourth-order valence-corrected chi connectivity index (χ4v) is 6.97. The molecule has 1 saturated carbocycles. The van der Waals surface area contributed by atoms with E-state index in [1.807, 2.05) is 12.1 Å². The summed E-state index contributed by atoms with van der Waals surface area (Å²) in [6, 6.07) is 12.7. The molecule has 3 aliphatic rings. The van der Waals surface area contributed by atoms with E-state index in [9.17, 15) is 28.3 Å². The Hall–Kier alpha value is -2.79. The average molecular weight is 515 g/mol. The average Bonchev–Trinajstić information content (AvgIpc) is 3.11. The van der Waals surface area contributed by atoms with Crippen molar-refractivity contribution >= 4 is 16.7 Å². The minimum Gasteiger partial charge on any atom is -0.489 e. The molecule has 2 bridgehead atoms. The van der Waals surface area contributed by atoms with Crippen molar-refractivity contribution in [3.8, 4) is 11.8 Å². The predicted molar refractivity (Wildman–Crippen MR) is 133 cm³/mol. The smallest absolute Gasteiger partial charge is 0.391 e. The van der Waals surface area contributed by atoms with Gasteiger partial charge >= 0.3 is 12.1 Å². The van der Waals surface area contributed by atoms with E-state index >= 15 is 0 Å². The lowest BCUT2D eigenvalue weighted by molar-refractivity contribution is -0.185. The highest BCUT2D eigenvalue weighted by molar-refractivity contribution is 5.90. The van der Waals surface area contributed by atoms with E-state index in [0.29, 0.717) is 37.0 Å². The van der Waals surface area contributed by atoms with Gasteiger partial charge in [0, 0.05) is 23.5 Å². The number of hydrogen-bond donors (Lipinski definition) is 1. The number of aliphatic carboxylic acids is 1. The Bertz CT molecular complexity index is 1190. The molecule has 2 saturated heterocycles. The first-order valence-corrected chi connectivity index (χ1v) is 13.4. The summed E-state index contributed by atoms with van der Waals surface area (Å²) in [4.78, 5) is 14.1. The predicted octanol–water partition coefficient (Wildman–Crippen LogP) is 6.99. The molecule has 5 rings (SSSR count). The number of halogens is 3. The standard InChI is InChI=1S/C29H33F3N2O3/c1-2-26(34-21-8-9-22(34)14-19(13-21)28(35)36)18-4-3-17-5-12-27(25(16-33)24(17)15-18)37-23-10-6-20(7-11-23)29(30,31)32/h3-5,12,15,19-23,26H,2,6-11,13-14H2,1H3,(H,35,36)/t19?,20-,21?,22?,23+,26?. The lowest BCUT2D eigenvalue weighted by Crippen LogP contribution is -2.46. The van der Waals surface area contributed by atoms with Crippen LogP contribution in [0.4, 0.5) is 13.2 Å². The maximum absolute atomic E-state index is 13.0. The van der Waals surface area contributed by atoms with Gasteiger partial charge in [-0.3, -0.25) is 9.69 Å². The zero-order chi connectivity index (χ0) is 26.3. The third-order valence-electron chi connectivity index (χ3n) is 8.82. The van der Waals surface area contributed by atoms with Crippen LogP contribution in [-0.4, -0.2) is 40.3 Å². The molecule has 1 aliphatic carbocycles. The van der Waals surface area contributed by atoms with Gasteiger partial charge in [0.15, 0.2) is 0 Å². The van der Waals surface area contributed by atoms with E-state index in [2.05, 4.69) is 30.0 Å². The van der Waals surface area contributed by atoms with Gasteiger partial charge in [0.25, 0.3) is 0 Å². The highest BCUT2D eigenvalue weighted by atomic mass is 19.4. The van der Waals surface area contributed by atoms with Crippen LogP contribution in [0.5, 0.6) is 5.75 Å². The van der Waals surface area contributed by atoms with Crippen molar-refractivity contribution in [3.05, 3.63) is 41.5 Å². The maximum Gasteiger partial charge on any atom is 0.391 e. The number of nitrogens with zero attached hydrogens (tertiary/aromatic N) is 2. The van der Waals surface area contributed by atoms with Gasteiger partial charge in [-0.1, -0.05) is 25.1 Å². The third kappa shape index (κ3) is 5.03. The molecule has 2 aromatic rings. The van der Waals surface area contributed by atoms with Gasteiger partial charge < -0.3 is 9.84 Å². The number of benzene rings is 2. The van der Waals surface area contributed by atoms with Crippen LogP contribution in [0.3, 0.4) is 0 Å². The lowest BCUT2D eigenvalue weighted by Gasteiger charge is -2.42. The van der Waals surface area contributed by atoms with Gasteiger partial charge in [0.05, 0.1) is 17.9 Å². The van der Waals surface area contributed by atoms with Gasteiger partial charge in [-0.25, -0.2) is 0 Å². The molecule has 0 radical (unpaired) electrons. The molecule has 5 nitrogen and oxygen atoms in total. The van der Waals surface area contributed by atoms with Crippen molar-refractivity contribution in [2.75, 3.05) is 0 Å². The molecule has 2 aromatic carbocycles. The Morgan fingerprint density at radius 3 is 2.32 bits per heavy atom. The van der Waals surface area contributed by atoms with Crippen molar-refractivity contribution in [1.29, 1.82) is 5.26 Å². The number of hydrogen-bond acceptors (Lipinski definition) is 4. The molecular formula is C29H33F3N2O3. The molecule has 8 heteroatoms. The first-order chi connectivity index (χ1) is 17.7. The van der Waals surface area contributed by atoms with Gasteiger partial charge in [-0.2, -0.15) is 18.4 Å². The van der Waals surface area contributed by atoms with E-state index in [0.717, 1.165) is 35.6 Å². The number of rotatable bonds is 6. The molecule has 37 heavy (non-hydrogen) atoms. The Kier molecular flexibility index (Phi) is 7.10. The van der Waals surface area contributed by atoms with Gasteiger partial charge in [-0.05, 0) is 80.9 Å². The van der Waals surface area contributed by atoms with Crippen LogP contribution in [-0.2, 0) is 4.79 Å². The second-order valence-corrected chi connectivity index (χ2v) is 10.9. The summed E-state index contributed by atoms with van der Waals surface area (Å²) in [5, 5.41) is 21.3. The lowest BCUT2D eigenvalue weighted by atomic mass is 9.87. The monoisotopic (exact) mass is 514 g/mol. The van der Waals surface area contributed by atoms with Crippen LogP contribution in [0.25, 0.3) is 10.8 Å². The minimum absolute atomic E-state index is 0.0485. The van der Waals surface area contributed by atoms with E-state index in [4.69, 9.17) is 4.74 Å². The number of fused-ring (bicyclic) bond motifs is 3. The Balaban J connectivity index is 1.39. The highest BCUT2D eigenvalue weighted by Gasteiger charge is 2.46. The molecule has 2 aliphatic heterocycles. The number of carboxylic acid groups (broad SMARTS) is 1. The number of piperidine rings is 1. The fourth-order valence-electron chi connectivity index (χ4n) is 6.97. The Morgan fingerprint density at radius 2 is 1.76 bits per heavy atom. The van der Waals surface area contributed by atoms with E-state index in [1.165, 1.54) is 0 Å². The summed E-state index contributed by atoms with van der Waals surface area (Å²) in [5.74, 6) is -1.82. The fraction of sp³-hybridized carbons (Fsp3) is 0.586. The molecular weight excluding hydrogens is 481 g/mol. The Labute approximate surface area is 215 Å². The summed E-state index contributed by atoms with van der Waals surface area (Å²) < 4.78 is 45.3. The second kappa shape index (κ2) is 10.2. The molecule has 1 N–H and O–H groups in total. The van der Waals surface area contributed by atoms with Crippen molar-refractivity contribution in [3.63, 3.8) is 0 Å². The number of carbonyl (C=O) groups is 1. The van der Waals surface area contributed by atoms with E-state index in [-0.39, 0.29) is 43.0 Å². The van der Waals surface area contributed by atoms with Crippen LogP contribution in [0.2, 0.25) is 0 Å². The van der Waals surface area contributed by atoms with E-state index in [1.54, 1.807) is 6.07 Å². The normalized spacial score (nSPS) is 29.1. The van der Waals surface area contributed by atoms with Crippen molar-refractivity contribution < 1.29 is 27.8 Å². The SMILES string of the molecule is CCC(c1ccc2ccc(O[C@H]3CC[C@@H](C(F)(F)F)CC3)c(C#N)c2c1)N1C2CCC1CC(C(=O)O)C2. The molecule has 0 aromatic heterocycles. The van der Waals surface area contributed by atoms with Gasteiger partial charge in [-0.15, -0.1) is 0 Å². The molecule has 2 heterocycles. The number of alkyl halides is 3. The first-order valence-electron chi connectivity index (χ1n) is 13.4. The first kappa shape index (κ1) is 25.8. The van der Waals surface area contributed by atoms with Crippen LogP contribution < -0.4 is 4.74 Å². The second-order valence-electron chi connectivity index (χ2n) is 10.9. The Morgan fingerprint density at radius 1 is 1.11 bits per heavy atom. The van der Waals surface area contributed by atoms with Crippen LogP contribution >= 0.6 is 0 Å². The molecule has 3 atom stereocenters. The zero-order valence-corrected chi connectivity index (χ0v) is 21.0. The molecule has 0 spiro atoms. The van der Waals surface area contributed by atoms with Crippen LogP contribution in [0.15, 0.2) is 30.3 Å². The van der Waals surface area contributed by atoms with Crippen molar-refractivity contribution in [2.45, 2.75) is 95.1 Å². The summed E-state index contributed by atoms with van der Waals surface area (Å²) >= 11 is 0. The topological polar surface area (TPSA) is 73.6 Å². The minimum atomic E-state index is -4.17. The molecule has 3 unspecified atom stereocenters. The van der Waals surface area contributed by atoms with Crippen LogP contribution in [0.1, 0.15) is 81.9 Å². The summed E-state index contributed by atoms with van der Waals surface area (Å²) in [6.07, 6.45) is 0.479. The largest absolute Gasteiger partial charge is 0.489 e. The third-order valence-corrected chi connectivity index (χ3v) is 8.82. The molecule has 3 fully saturated rings. The maximum atomic E-state index is 13.0. The molecule has 0 amide bonds. The molecule has 198 valence electrons. The number of ether oxygens (including phenoxy) is 1. The quantitative estimate of drug-likeness (QED) is 0.450.